The van der Waals surface area contributed by atoms with Crippen LogP contribution in [-0.2, 0) is 9.53 Å². The third kappa shape index (κ3) is 3.68. The van der Waals surface area contributed by atoms with Gasteiger partial charge in [-0.3, -0.25) is 4.79 Å². The Morgan fingerprint density at radius 2 is 2.24 bits per heavy atom. The van der Waals surface area contributed by atoms with E-state index in [1.807, 2.05) is 4.90 Å². The van der Waals surface area contributed by atoms with Gasteiger partial charge >= 0.3 is 0 Å². The van der Waals surface area contributed by atoms with Crippen LogP contribution in [0.15, 0.2) is 0 Å². The molecule has 2 saturated heterocycles. The lowest BCUT2D eigenvalue weighted by Crippen LogP contribution is -2.42. The Bertz CT molecular complexity index is 246. The van der Waals surface area contributed by atoms with Crippen molar-refractivity contribution in [1.82, 2.24) is 10.2 Å². The molecule has 2 aliphatic rings. The monoisotopic (exact) mass is 240 g/mol. The molecule has 2 atom stereocenters. The van der Waals surface area contributed by atoms with E-state index >= 15 is 0 Å². The quantitative estimate of drug-likeness (QED) is 0.796. The van der Waals surface area contributed by atoms with Crippen molar-refractivity contribution in [3.8, 4) is 0 Å². The number of piperidine rings is 1. The summed E-state index contributed by atoms with van der Waals surface area (Å²) in [6.07, 6.45) is 3.22. The standard InChI is InChI=1S/C13H24N2O2/c1-11(12-3-2-4-14-10-12)9-13(16)15-5-7-17-8-6-15/h11-12,14H,2-10H2,1H3/t11-,12+/m0/s1. The van der Waals surface area contributed by atoms with Crippen LogP contribution in [-0.4, -0.2) is 50.2 Å². The lowest BCUT2D eigenvalue weighted by atomic mass is 9.85. The molecule has 2 heterocycles. The van der Waals surface area contributed by atoms with E-state index in [0.717, 1.165) is 26.2 Å². The number of amides is 1. The second-order valence-corrected chi connectivity index (χ2v) is 5.28. The molecule has 0 spiro atoms. The van der Waals surface area contributed by atoms with Crippen molar-refractivity contribution < 1.29 is 9.53 Å². The molecule has 1 amide bonds. The van der Waals surface area contributed by atoms with Gasteiger partial charge < -0.3 is 15.0 Å². The van der Waals surface area contributed by atoms with Crippen molar-refractivity contribution in [2.75, 3.05) is 39.4 Å². The fourth-order valence-corrected chi connectivity index (χ4v) is 2.75. The summed E-state index contributed by atoms with van der Waals surface area (Å²) in [7, 11) is 0. The summed E-state index contributed by atoms with van der Waals surface area (Å²) in [5.41, 5.74) is 0. The van der Waals surface area contributed by atoms with E-state index in [-0.39, 0.29) is 0 Å². The van der Waals surface area contributed by atoms with Crippen LogP contribution < -0.4 is 5.32 Å². The molecular formula is C13H24N2O2. The molecular weight excluding hydrogens is 216 g/mol. The van der Waals surface area contributed by atoms with Gasteiger partial charge in [-0.05, 0) is 37.8 Å². The van der Waals surface area contributed by atoms with Crippen LogP contribution in [0.2, 0.25) is 0 Å². The summed E-state index contributed by atoms with van der Waals surface area (Å²) >= 11 is 0. The Balaban J connectivity index is 1.76. The van der Waals surface area contributed by atoms with Crippen molar-refractivity contribution in [1.29, 1.82) is 0 Å². The molecule has 0 aromatic heterocycles. The van der Waals surface area contributed by atoms with Crippen LogP contribution in [0, 0.1) is 11.8 Å². The Morgan fingerprint density at radius 1 is 1.47 bits per heavy atom. The van der Waals surface area contributed by atoms with Gasteiger partial charge in [0.25, 0.3) is 0 Å². The highest BCUT2D eigenvalue weighted by Crippen LogP contribution is 2.23. The van der Waals surface area contributed by atoms with Gasteiger partial charge in [-0.2, -0.15) is 0 Å². The summed E-state index contributed by atoms with van der Waals surface area (Å²) in [6, 6.07) is 0. The summed E-state index contributed by atoms with van der Waals surface area (Å²) < 4.78 is 5.27. The smallest absolute Gasteiger partial charge is 0.223 e. The normalized spacial score (nSPS) is 27.8. The van der Waals surface area contributed by atoms with E-state index in [1.165, 1.54) is 12.8 Å². The topological polar surface area (TPSA) is 41.6 Å². The Kier molecular flexibility index (Phi) is 4.80. The first-order valence-corrected chi connectivity index (χ1v) is 6.83. The SMILES string of the molecule is C[C@@H](CC(=O)N1CCOCC1)[C@@H]1CCCNC1. The van der Waals surface area contributed by atoms with Gasteiger partial charge in [0, 0.05) is 19.5 Å². The fraction of sp³-hybridized carbons (Fsp3) is 0.923. The first-order chi connectivity index (χ1) is 8.27. The maximum Gasteiger partial charge on any atom is 0.223 e. The van der Waals surface area contributed by atoms with Gasteiger partial charge in [0.15, 0.2) is 0 Å². The van der Waals surface area contributed by atoms with Crippen LogP contribution in [0.1, 0.15) is 26.2 Å². The zero-order valence-corrected chi connectivity index (χ0v) is 10.8. The molecule has 2 fully saturated rings. The maximum atomic E-state index is 12.1. The van der Waals surface area contributed by atoms with E-state index in [4.69, 9.17) is 4.74 Å². The molecule has 17 heavy (non-hydrogen) atoms. The average Bonchev–Trinajstić information content (AvgIpc) is 2.40. The van der Waals surface area contributed by atoms with Gasteiger partial charge in [-0.1, -0.05) is 6.92 Å². The largest absolute Gasteiger partial charge is 0.378 e. The number of carbonyl (C=O) groups excluding carboxylic acids is 1. The molecule has 98 valence electrons. The molecule has 0 aliphatic carbocycles. The third-order valence-corrected chi connectivity index (χ3v) is 4.00. The second-order valence-electron chi connectivity index (χ2n) is 5.28. The highest BCUT2D eigenvalue weighted by molar-refractivity contribution is 5.76. The maximum absolute atomic E-state index is 12.1. The van der Waals surface area contributed by atoms with Gasteiger partial charge in [-0.25, -0.2) is 0 Å². The third-order valence-electron chi connectivity index (χ3n) is 4.00. The van der Waals surface area contributed by atoms with Gasteiger partial charge in [0.2, 0.25) is 5.91 Å². The summed E-state index contributed by atoms with van der Waals surface area (Å²) in [4.78, 5) is 14.1. The molecule has 0 aromatic rings. The molecule has 4 nitrogen and oxygen atoms in total. The van der Waals surface area contributed by atoms with Gasteiger partial charge in [0.05, 0.1) is 13.2 Å². The zero-order chi connectivity index (χ0) is 12.1. The van der Waals surface area contributed by atoms with Crippen LogP contribution in [0.5, 0.6) is 0 Å². The molecule has 0 radical (unpaired) electrons. The highest BCUT2D eigenvalue weighted by Gasteiger charge is 2.24. The summed E-state index contributed by atoms with van der Waals surface area (Å²) in [5.74, 6) is 1.48. The number of hydrogen-bond donors (Lipinski definition) is 1. The van der Waals surface area contributed by atoms with E-state index in [0.29, 0.717) is 37.4 Å². The van der Waals surface area contributed by atoms with Crippen LogP contribution in [0.4, 0.5) is 0 Å². The minimum absolute atomic E-state index is 0.311. The van der Waals surface area contributed by atoms with Crippen LogP contribution in [0.25, 0.3) is 0 Å². The molecule has 2 aliphatic heterocycles. The lowest BCUT2D eigenvalue weighted by molar-refractivity contribution is -0.136. The first-order valence-electron chi connectivity index (χ1n) is 6.83. The number of nitrogens with one attached hydrogen (secondary N) is 1. The number of carbonyl (C=O) groups is 1. The van der Waals surface area contributed by atoms with E-state index in [1.54, 1.807) is 0 Å². The van der Waals surface area contributed by atoms with E-state index < -0.39 is 0 Å². The predicted molar refractivity (Wildman–Crippen MR) is 66.8 cm³/mol. The van der Waals surface area contributed by atoms with Gasteiger partial charge in [-0.15, -0.1) is 0 Å². The fourth-order valence-electron chi connectivity index (χ4n) is 2.75. The van der Waals surface area contributed by atoms with Crippen LogP contribution >= 0.6 is 0 Å². The number of nitrogens with zero attached hydrogens (tertiary/aromatic N) is 1. The zero-order valence-electron chi connectivity index (χ0n) is 10.8. The summed E-state index contributed by atoms with van der Waals surface area (Å²) in [5, 5.41) is 3.42. The molecule has 0 aromatic carbocycles. The van der Waals surface area contributed by atoms with Crippen molar-refractivity contribution in [2.45, 2.75) is 26.2 Å². The van der Waals surface area contributed by atoms with Crippen molar-refractivity contribution in [2.24, 2.45) is 11.8 Å². The predicted octanol–water partition coefficient (Wildman–Crippen LogP) is 0.871. The molecule has 1 N–H and O–H groups in total. The average molecular weight is 240 g/mol. The molecule has 0 bridgehead atoms. The minimum atomic E-state index is 0.311. The lowest BCUT2D eigenvalue weighted by Gasteiger charge is -2.31. The second kappa shape index (κ2) is 6.36. The Hall–Kier alpha value is -0.610. The number of hydrogen-bond acceptors (Lipinski definition) is 3. The number of ether oxygens (including phenoxy) is 1. The first kappa shape index (κ1) is 12.8. The number of morpholine rings is 1. The minimum Gasteiger partial charge on any atom is -0.378 e. The Morgan fingerprint density at radius 3 is 2.88 bits per heavy atom. The van der Waals surface area contributed by atoms with Crippen molar-refractivity contribution in [3.63, 3.8) is 0 Å². The number of rotatable bonds is 3. The van der Waals surface area contributed by atoms with Gasteiger partial charge in [0.1, 0.15) is 0 Å². The van der Waals surface area contributed by atoms with Crippen LogP contribution in [0.3, 0.4) is 0 Å². The highest BCUT2D eigenvalue weighted by atomic mass is 16.5. The van der Waals surface area contributed by atoms with E-state index in [9.17, 15) is 4.79 Å². The molecule has 0 saturated carbocycles. The van der Waals surface area contributed by atoms with Crippen molar-refractivity contribution >= 4 is 5.91 Å². The summed E-state index contributed by atoms with van der Waals surface area (Å²) in [6.45, 7) is 7.38. The van der Waals surface area contributed by atoms with Crippen molar-refractivity contribution in [3.05, 3.63) is 0 Å². The molecule has 4 heteroatoms. The van der Waals surface area contributed by atoms with E-state index in [2.05, 4.69) is 12.2 Å². The molecule has 0 unspecified atom stereocenters. The molecule has 2 rings (SSSR count). The Labute approximate surface area is 104 Å².